The van der Waals surface area contributed by atoms with Crippen LogP contribution < -0.4 is 5.73 Å². The first-order valence-electron chi connectivity index (χ1n) is 9.48. The molecule has 6 heteroatoms. The van der Waals surface area contributed by atoms with Crippen molar-refractivity contribution in [1.82, 2.24) is 14.4 Å². The van der Waals surface area contributed by atoms with Crippen molar-refractivity contribution in [3.05, 3.63) is 77.9 Å². The van der Waals surface area contributed by atoms with E-state index in [9.17, 15) is 5.26 Å². The van der Waals surface area contributed by atoms with E-state index in [-0.39, 0.29) is 5.84 Å². The highest BCUT2D eigenvalue weighted by atomic mass is 15.1. The molecule has 0 fully saturated rings. The van der Waals surface area contributed by atoms with Gasteiger partial charge < -0.3 is 5.73 Å². The number of hydrogen-bond donors (Lipinski definition) is 2. The number of nitriles is 1. The van der Waals surface area contributed by atoms with Crippen LogP contribution in [0.15, 0.2) is 66.7 Å². The zero-order chi connectivity index (χ0) is 20.4. The molecule has 3 aromatic heterocycles. The zero-order valence-electron chi connectivity index (χ0n) is 15.7. The van der Waals surface area contributed by atoms with Gasteiger partial charge in [0.2, 0.25) is 0 Å². The molecule has 0 atom stereocenters. The molecule has 0 radical (unpaired) electrons. The third kappa shape index (κ3) is 1.98. The molecular formula is C24H14N6. The van der Waals surface area contributed by atoms with Crippen LogP contribution in [0.1, 0.15) is 11.1 Å². The van der Waals surface area contributed by atoms with Crippen molar-refractivity contribution < 1.29 is 0 Å². The van der Waals surface area contributed by atoms with Gasteiger partial charge in [0.1, 0.15) is 11.5 Å². The van der Waals surface area contributed by atoms with Crippen molar-refractivity contribution in [3.63, 3.8) is 0 Å². The number of amidine groups is 1. The molecule has 0 aliphatic carbocycles. The van der Waals surface area contributed by atoms with E-state index in [4.69, 9.17) is 21.1 Å². The molecule has 0 aliphatic heterocycles. The molecule has 0 spiro atoms. The highest BCUT2D eigenvalue weighted by molar-refractivity contribution is 6.23. The maximum atomic E-state index is 9.74. The number of hydrogen-bond acceptors (Lipinski definition) is 4. The first kappa shape index (κ1) is 16.5. The lowest BCUT2D eigenvalue weighted by molar-refractivity contribution is 1.14. The smallest absolute Gasteiger partial charge is 0.164 e. The van der Waals surface area contributed by atoms with Crippen LogP contribution in [0.3, 0.4) is 0 Å². The average molecular weight is 386 g/mol. The molecule has 3 aromatic carbocycles. The molecule has 0 aliphatic rings. The van der Waals surface area contributed by atoms with Gasteiger partial charge in [0.15, 0.2) is 11.5 Å². The Hall–Kier alpha value is -4.50. The molecule has 3 heterocycles. The van der Waals surface area contributed by atoms with Crippen molar-refractivity contribution >= 4 is 44.2 Å². The molecule has 140 valence electrons. The van der Waals surface area contributed by atoms with Gasteiger partial charge in [-0.25, -0.2) is 9.97 Å². The number of aromatic nitrogens is 3. The van der Waals surface area contributed by atoms with Gasteiger partial charge in [-0.05, 0) is 6.07 Å². The maximum Gasteiger partial charge on any atom is 0.164 e. The van der Waals surface area contributed by atoms with Gasteiger partial charge in [0.05, 0.1) is 17.1 Å². The second-order valence-corrected chi connectivity index (χ2v) is 7.22. The summed E-state index contributed by atoms with van der Waals surface area (Å²) in [5.41, 5.74) is 10.1. The van der Waals surface area contributed by atoms with E-state index in [2.05, 4.69) is 12.1 Å². The Morgan fingerprint density at radius 2 is 1.57 bits per heavy atom. The van der Waals surface area contributed by atoms with Gasteiger partial charge in [-0.15, -0.1) is 0 Å². The van der Waals surface area contributed by atoms with Gasteiger partial charge in [-0.1, -0.05) is 60.7 Å². The standard InChI is InChI=1S/C24H14N6/c25-12-13-6-5-11-18-19(13)24-29-22(16-9-3-2-8-15(16)21(26)27)28-23-17-10-4-1-7-14(17)20(18)30(23)24/h1-11H,(H3,26,27). The largest absolute Gasteiger partial charge is 0.384 e. The molecule has 0 unspecified atom stereocenters. The summed E-state index contributed by atoms with van der Waals surface area (Å²) in [6.07, 6.45) is 0. The highest BCUT2D eigenvalue weighted by Gasteiger charge is 2.23. The molecule has 0 bridgehead atoms. The second kappa shape index (κ2) is 5.75. The van der Waals surface area contributed by atoms with E-state index < -0.39 is 0 Å². The molecule has 0 saturated heterocycles. The molecule has 3 N–H and O–H groups in total. The summed E-state index contributed by atoms with van der Waals surface area (Å²) in [6, 6.07) is 23.5. The topological polar surface area (TPSA) is 104 Å². The van der Waals surface area contributed by atoms with Gasteiger partial charge in [-0.2, -0.15) is 5.26 Å². The van der Waals surface area contributed by atoms with Crippen LogP contribution in [-0.4, -0.2) is 20.2 Å². The van der Waals surface area contributed by atoms with Crippen molar-refractivity contribution in [1.29, 1.82) is 10.7 Å². The number of benzene rings is 3. The van der Waals surface area contributed by atoms with Crippen LogP contribution in [0, 0.1) is 16.7 Å². The Bertz CT molecular complexity index is 1690. The zero-order valence-corrected chi connectivity index (χ0v) is 15.7. The number of nitrogens with two attached hydrogens (primary N) is 1. The number of nitrogen functional groups attached to an aromatic ring is 1. The average Bonchev–Trinajstić information content (AvgIpc) is 3.30. The third-order valence-corrected chi connectivity index (χ3v) is 5.62. The summed E-state index contributed by atoms with van der Waals surface area (Å²) in [5, 5.41) is 21.6. The summed E-state index contributed by atoms with van der Waals surface area (Å²) in [5.74, 6) is 0.447. The van der Waals surface area contributed by atoms with Gasteiger partial charge in [0, 0.05) is 32.7 Å². The Kier molecular flexibility index (Phi) is 3.15. The van der Waals surface area contributed by atoms with Gasteiger partial charge in [0.25, 0.3) is 0 Å². The summed E-state index contributed by atoms with van der Waals surface area (Å²) < 4.78 is 2.04. The first-order chi connectivity index (χ1) is 14.7. The Morgan fingerprint density at radius 3 is 2.37 bits per heavy atom. The predicted molar refractivity (Wildman–Crippen MR) is 118 cm³/mol. The van der Waals surface area contributed by atoms with Gasteiger partial charge >= 0.3 is 0 Å². The molecule has 6 nitrogen and oxygen atoms in total. The van der Waals surface area contributed by atoms with Crippen LogP contribution in [0.2, 0.25) is 0 Å². The SMILES string of the molecule is N#Cc1cccc2c1c1nc(-c3ccccc3C(=N)N)nc3c4ccccc4c2n31. The number of nitrogens with zero attached hydrogens (tertiary/aromatic N) is 4. The van der Waals surface area contributed by atoms with Crippen LogP contribution >= 0.6 is 0 Å². The first-order valence-corrected chi connectivity index (χ1v) is 9.48. The van der Waals surface area contributed by atoms with E-state index in [0.29, 0.717) is 28.2 Å². The number of rotatable bonds is 2. The van der Waals surface area contributed by atoms with Crippen LogP contribution in [-0.2, 0) is 0 Å². The highest BCUT2D eigenvalue weighted by Crippen LogP contribution is 2.39. The monoisotopic (exact) mass is 386 g/mol. The van der Waals surface area contributed by atoms with Crippen LogP contribution in [0.25, 0.3) is 49.7 Å². The Morgan fingerprint density at radius 1 is 0.867 bits per heavy atom. The fourth-order valence-corrected chi connectivity index (χ4v) is 4.37. The molecular weight excluding hydrogens is 372 g/mol. The summed E-state index contributed by atoms with van der Waals surface area (Å²) in [4.78, 5) is 9.77. The van der Waals surface area contributed by atoms with E-state index >= 15 is 0 Å². The predicted octanol–water partition coefficient (Wildman–Crippen LogP) is 4.45. The quantitative estimate of drug-likeness (QED) is 0.339. The number of nitrogens with one attached hydrogen (secondary N) is 1. The summed E-state index contributed by atoms with van der Waals surface area (Å²) >= 11 is 0. The van der Waals surface area contributed by atoms with Crippen LogP contribution in [0.5, 0.6) is 0 Å². The minimum atomic E-state index is -0.0375. The Balaban J connectivity index is 1.89. The maximum absolute atomic E-state index is 9.74. The molecule has 6 rings (SSSR count). The van der Waals surface area contributed by atoms with Crippen molar-refractivity contribution in [2.24, 2.45) is 5.73 Å². The molecule has 0 saturated carbocycles. The molecule has 6 aromatic rings. The van der Waals surface area contributed by atoms with Crippen molar-refractivity contribution in [3.8, 4) is 17.5 Å². The minimum absolute atomic E-state index is 0.0375. The third-order valence-electron chi connectivity index (χ3n) is 5.62. The lowest BCUT2D eigenvalue weighted by Crippen LogP contribution is -2.13. The van der Waals surface area contributed by atoms with Crippen LogP contribution in [0.4, 0.5) is 0 Å². The second-order valence-electron chi connectivity index (χ2n) is 7.22. The lowest BCUT2D eigenvalue weighted by atomic mass is 10.1. The minimum Gasteiger partial charge on any atom is -0.384 e. The fourth-order valence-electron chi connectivity index (χ4n) is 4.37. The van der Waals surface area contributed by atoms with E-state index in [0.717, 1.165) is 32.7 Å². The van der Waals surface area contributed by atoms with E-state index in [1.807, 2.05) is 59.0 Å². The number of fused-ring (bicyclic) bond motifs is 6. The summed E-state index contributed by atoms with van der Waals surface area (Å²) in [6.45, 7) is 0. The van der Waals surface area contributed by atoms with Gasteiger partial charge in [-0.3, -0.25) is 9.81 Å². The fraction of sp³-hybridized carbons (Fsp3) is 0. The Labute approximate surface area is 170 Å². The molecule has 0 amide bonds. The molecule has 30 heavy (non-hydrogen) atoms. The normalized spacial score (nSPS) is 11.6. The van der Waals surface area contributed by atoms with Crippen molar-refractivity contribution in [2.75, 3.05) is 0 Å². The summed E-state index contributed by atoms with van der Waals surface area (Å²) in [7, 11) is 0. The van der Waals surface area contributed by atoms with Crippen molar-refractivity contribution in [2.45, 2.75) is 0 Å². The lowest BCUT2D eigenvalue weighted by Gasteiger charge is -2.08. The van der Waals surface area contributed by atoms with E-state index in [1.165, 1.54) is 0 Å². The van der Waals surface area contributed by atoms with E-state index in [1.54, 1.807) is 6.07 Å².